The predicted molar refractivity (Wildman–Crippen MR) is 75.5 cm³/mol. The summed E-state index contributed by atoms with van der Waals surface area (Å²) in [5.74, 6) is 0.829. The summed E-state index contributed by atoms with van der Waals surface area (Å²) in [5.41, 5.74) is 1.18. The Balaban J connectivity index is 1.95. The molecule has 0 amide bonds. The zero-order valence-electron chi connectivity index (χ0n) is 11.9. The Morgan fingerprint density at radius 2 is 2.17 bits per heavy atom. The molecule has 1 saturated carbocycles. The molecule has 0 aliphatic heterocycles. The van der Waals surface area contributed by atoms with Crippen LogP contribution in [-0.2, 0) is 6.54 Å². The Hall–Kier alpha value is -0.830. The van der Waals surface area contributed by atoms with Crippen LogP contribution in [0.15, 0.2) is 12.3 Å². The van der Waals surface area contributed by atoms with Crippen molar-refractivity contribution in [2.45, 2.75) is 65.0 Å². The number of aromatic nitrogens is 2. The van der Waals surface area contributed by atoms with E-state index in [4.69, 9.17) is 5.10 Å². The van der Waals surface area contributed by atoms with Crippen LogP contribution in [0.4, 0.5) is 0 Å². The summed E-state index contributed by atoms with van der Waals surface area (Å²) < 4.78 is 2.23. The molecule has 0 aromatic carbocycles. The molecule has 2 unspecified atom stereocenters. The van der Waals surface area contributed by atoms with E-state index in [0.29, 0.717) is 6.04 Å². The second kappa shape index (κ2) is 6.93. The van der Waals surface area contributed by atoms with Crippen LogP contribution < -0.4 is 5.32 Å². The molecule has 1 aliphatic carbocycles. The number of nitrogens with one attached hydrogen (secondary N) is 1. The highest BCUT2D eigenvalue weighted by atomic mass is 15.3. The highest BCUT2D eigenvalue weighted by Crippen LogP contribution is 2.35. The van der Waals surface area contributed by atoms with E-state index in [1.165, 1.54) is 44.2 Å². The summed E-state index contributed by atoms with van der Waals surface area (Å²) in [4.78, 5) is 0. The fraction of sp³-hybridized carbons (Fsp3) is 0.800. The summed E-state index contributed by atoms with van der Waals surface area (Å²) in [6, 6.07) is 2.81. The summed E-state index contributed by atoms with van der Waals surface area (Å²) in [6.07, 6.45) is 10.1. The van der Waals surface area contributed by atoms with E-state index >= 15 is 0 Å². The maximum absolute atomic E-state index is 4.76. The number of hydrogen-bond acceptors (Lipinski definition) is 2. The van der Waals surface area contributed by atoms with E-state index in [1.54, 1.807) is 0 Å². The first-order valence-corrected chi connectivity index (χ1v) is 7.59. The van der Waals surface area contributed by atoms with E-state index in [-0.39, 0.29) is 0 Å². The van der Waals surface area contributed by atoms with Gasteiger partial charge < -0.3 is 5.32 Å². The summed E-state index contributed by atoms with van der Waals surface area (Å²) >= 11 is 0. The van der Waals surface area contributed by atoms with Gasteiger partial charge in [-0.3, -0.25) is 4.68 Å². The zero-order chi connectivity index (χ0) is 12.8. The van der Waals surface area contributed by atoms with Gasteiger partial charge in [0.05, 0.1) is 11.7 Å². The Kier molecular flexibility index (Phi) is 5.24. The molecule has 1 aromatic heterocycles. The van der Waals surface area contributed by atoms with Crippen molar-refractivity contribution in [1.29, 1.82) is 0 Å². The lowest BCUT2D eigenvalue weighted by molar-refractivity contribution is 0.216. The second-order valence-electron chi connectivity index (χ2n) is 5.48. The lowest BCUT2D eigenvalue weighted by Crippen LogP contribution is -2.23. The molecule has 3 nitrogen and oxygen atoms in total. The van der Waals surface area contributed by atoms with E-state index in [9.17, 15) is 0 Å². The highest BCUT2D eigenvalue weighted by Gasteiger charge is 2.25. The van der Waals surface area contributed by atoms with Crippen LogP contribution in [-0.4, -0.2) is 16.3 Å². The van der Waals surface area contributed by atoms with E-state index in [2.05, 4.69) is 36.1 Å². The molecule has 1 aliphatic rings. The van der Waals surface area contributed by atoms with E-state index in [0.717, 1.165) is 19.0 Å². The van der Waals surface area contributed by atoms with Crippen molar-refractivity contribution in [1.82, 2.24) is 15.1 Å². The molecule has 0 bridgehead atoms. The third kappa shape index (κ3) is 3.35. The van der Waals surface area contributed by atoms with Crippen LogP contribution in [0.1, 0.15) is 64.1 Å². The summed E-state index contributed by atoms with van der Waals surface area (Å²) in [5, 5.41) is 8.18. The number of hydrogen-bond donors (Lipinski definition) is 1. The maximum Gasteiger partial charge on any atom is 0.0762 e. The van der Waals surface area contributed by atoms with Gasteiger partial charge in [-0.25, -0.2) is 0 Å². The third-order valence-electron chi connectivity index (χ3n) is 4.13. The molecule has 0 saturated heterocycles. The number of rotatable bonds is 6. The van der Waals surface area contributed by atoms with Gasteiger partial charge in [-0.1, -0.05) is 33.1 Å². The molecule has 0 spiro atoms. The Morgan fingerprint density at radius 1 is 1.33 bits per heavy atom. The first kappa shape index (κ1) is 13.6. The Morgan fingerprint density at radius 3 is 2.94 bits per heavy atom. The molecule has 1 fully saturated rings. The molecule has 3 heteroatoms. The fourth-order valence-electron chi connectivity index (χ4n) is 3.06. The van der Waals surface area contributed by atoms with E-state index < -0.39 is 0 Å². The molecule has 0 radical (unpaired) electrons. The minimum absolute atomic E-state index is 0.642. The monoisotopic (exact) mass is 249 g/mol. The third-order valence-corrected chi connectivity index (χ3v) is 4.13. The van der Waals surface area contributed by atoms with Gasteiger partial charge in [0.2, 0.25) is 0 Å². The molecule has 1 N–H and O–H groups in total. The Bertz CT molecular complexity index is 345. The van der Waals surface area contributed by atoms with Gasteiger partial charge in [-0.2, -0.15) is 5.10 Å². The van der Waals surface area contributed by atoms with E-state index in [1.807, 2.05) is 0 Å². The topological polar surface area (TPSA) is 29.9 Å². The van der Waals surface area contributed by atoms with Crippen molar-refractivity contribution in [2.75, 3.05) is 6.54 Å². The smallest absolute Gasteiger partial charge is 0.0762 e. The second-order valence-corrected chi connectivity index (χ2v) is 5.48. The van der Waals surface area contributed by atoms with Crippen LogP contribution in [0.2, 0.25) is 0 Å². The van der Waals surface area contributed by atoms with Crippen molar-refractivity contribution in [3.05, 3.63) is 18.0 Å². The lowest BCUT2D eigenvalue weighted by Gasteiger charge is -2.31. The van der Waals surface area contributed by atoms with Crippen molar-refractivity contribution in [3.8, 4) is 0 Å². The van der Waals surface area contributed by atoms with Gasteiger partial charge in [0.15, 0.2) is 0 Å². The van der Waals surface area contributed by atoms with Crippen LogP contribution in [0, 0.1) is 5.92 Å². The van der Waals surface area contributed by atoms with Crippen molar-refractivity contribution in [2.24, 2.45) is 5.92 Å². The quantitative estimate of drug-likeness (QED) is 0.782. The Labute approximate surface area is 111 Å². The summed E-state index contributed by atoms with van der Waals surface area (Å²) in [6.45, 7) is 6.49. The van der Waals surface area contributed by atoms with Crippen molar-refractivity contribution < 1.29 is 0 Å². The molecule has 102 valence electrons. The number of nitrogens with zero attached hydrogens (tertiary/aromatic N) is 2. The van der Waals surface area contributed by atoms with Crippen LogP contribution in [0.3, 0.4) is 0 Å². The van der Waals surface area contributed by atoms with Gasteiger partial charge in [-0.15, -0.1) is 0 Å². The average molecular weight is 249 g/mol. The first-order valence-electron chi connectivity index (χ1n) is 7.59. The molecule has 2 rings (SSSR count). The van der Waals surface area contributed by atoms with Gasteiger partial charge >= 0.3 is 0 Å². The minimum atomic E-state index is 0.642. The lowest BCUT2D eigenvalue weighted by atomic mass is 9.83. The first-order chi connectivity index (χ1) is 8.85. The van der Waals surface area contributed by atoms with Crippen molar-refractivity contribution >= 4 is 0 Å². The average Bonchev–Trinajstić information content (AvgIpc) is 2.88. The minimum Gasteiger partial charge on any atom is -0.311 e. The van der Waals surface area contributed by atoms with Gasteiger partial charge in [0.1, 0.15) is 0 Å². The molecular weight excluding hydrogens is 222 g/mol. The normalized spacial score (nSPS) is 24.3. The maximum atomic E-state index is 4.76. The van der Waals surface area contributed by atoms with Crippen LogP contribution in [0.25, 0.3) is 0 Å². The summed E-state index contributed by atoms with van der Waals surface area (Å²) in [7, 11) is 0. The SMILES string of the molecule is CCCNCc1ccn(C2CCCCC2CC)n1. The molecule has 18 heavy (non-hydrogen) atoms. The predicted octanol–water partition coefficient (Wildman–Crippen LogP) is 3.52. The molecule has 1 heterocycles. The van der Waals surface area contributed by atoms with Gasteiger partial charge in [0, 0.05) is 12.7 Å². The molecule has 1 aromatic rings. The largest absolute Gasteiger partial charge is 0.311 e. The van der Waals surface area contributed by atoms with Gasteiger partial charge in [-0.05, 0) is 37.8 Å². The van der Waals surface area contributed by atoms with Crippen molar-refractivity contribution in [3.63, 3.8) is 0 Å². The fourth-order valence-corrected chi connectivity index (χ4v) is 3.06. The van der Waals surface area contributed by atoms with Gasteiger partial charge in [0.25, 0.3) is 0 Å². The highest BCUT2D eigenvalue weighted by molar-refractivity contribution is 5.00. The van der Waals surface area contributed by atoms with Crippen LogP contribution >= 0.6 is 0 Å². The van der Waals surface area contributed by atoms with Crippen LogP contribution in [0.5, 0.6) is 0 Å². The standard InChI is InChI=1S/C15H27N3/c1-3-10-16-12-14-9-11-18(17-14)15-8-6-5-7-13(15)4-2/h9,11,13,15-16H,3-8,10,12H2,1-2H3. The molecular formula is C15H27N3. The zero-order valence-corrected chi connectivity index (χ0v) is 11.9. The molecule has 2 atom stereocenters.